The first kappa shape index (κ1) is 26.6. The maximum Gasteiger partial charge on any atom is 0.242 e. The number of carbonyl (C=O) groups excluding carboxylic acids is 2. The summed E-state index contributed by atoms with van der Waals surface area (Å²) in [4.78, 5) is 30.0. The van der Waals surface area contributed by atoms with E-state index in [9.17, 15) is 23.3 Å². The van der Waals surface area contributed by atoms with Gasteiger partial charge in [0.1, 0.15) is 0 Å². The number of hydrogen-bond acceptors (Lipinski definition) is 8. The van der Waals surface area contributed by atoms with Crippen LogP contribution in [-0.4, -0.2) is 49.2 Å². The van der Waals surface area contributed by atoms with Crippen LogP contribution in [0.3, 0.4) is 0 Å². The monoisotopic (exact) mass is 537 g/mol. The number of Topliss-reactive ketones (excluding diaryl/α,β-unsaturated/α-hetero) is 1. The van der Waals surface area contributed by atoms with Gasteiger partial charge in [-0.3, -0.25) is 14.6 Å². The lowest BCUT2D eigenvalue weighted by Gasteiger charge is -2.33. The molecule has 0 radical (unpaired) electrons. The summed E-state index contributed by atoms with van der Waals surface area (Å²) in [5, 5.41) is 16.7. The van der Waals surface area contributed by atoms with Crippen molar-refractivity contribution < 1.29 is 18.0 Å². The second kappa shape index (κ2) is 10.9. The van der Waals surface area contributed by atoms with Crippen molar-refractivity contribution in [3.8, 4) is 6.07 Å². The van der Waals surface area contributed by atoms with Gasteiger partial charge in [-0.05, 0) is 49.1 Å². The fourth-order valence-corrected chi connectivity index (χ4v) is 6.14. The van der Waals surface area contributed by atoms with E-state index in [4.69, 9.17) is 0 Å². The Labute approximate surface area is 220 Å². The average Bonchev–Trinajstić information content (AvgIpc) is 2.88. The lowest BCUT2D eigenvalue weighted by molar-refractivity contribution is -0.116. The lowest BCUT2D eigenvalue weighted by atomic mass is 9.77. The highest BCUT2D eigenvalue weighted by Gasteiger charge is 2.37. The molecule has 1 amide bonds. The molecule has 0 unspecified atom stereocenters. The predicted octanol–water partition coefficient (Wildman–Crippen LogP) is 3.44. The Kier molecular flexibility index (Phi) is 7.82. The first-order chi connectivity index (χ1) is 17.6. The molecule has 0 saturated heterocycles. The van der Waals surface area contributed by atoms with E-state index in [1.807, 2.05) is 6.07 Å². The summed E-state index contributed by atoms with van der Waals surface area (Å²) in [5.74, 6) is -0.895. The van der Waals surface area contributed by atoms with Crippen LogP contribution >= 0.6 is 11.8 Å². The van der Waals surface area contributed by atoms with Crippen LogP contribution in [0.25, 0.3) is 0 Å². The molecule has 9 nitrogen and oxygen atoms in total. The zero-order chi connectivity index (χ0) is 26.7. The van der Waals surface area contributed by atoms with Crippen molar-refractivity contribution in [3.63, 3.8) is 0 Å². The van der Waals surface area contributed by atoms with Crippen LogP contribution in [0.5, 0.6) is 0 Å². The van der Waals surface area contributed by atoms with E-state index in [-0.39, 0.29) is 22.3 Å². The number of anilines is 1. The van der Waals surface area contributed by atoms with Gasteiger partial charge in [-0.15, -0.1) is 0 Å². The van der Waals surface area contributed by atoms with E-state index in [1.54, 1.807) is 31.5 Å². The first-order valence-electron chi connectivity index (χ1n) is 11.7. The van der Waals surface area contributed by atoms with Gasteiger partial charge in [0, 0.05) is 49.9 Å². The zero-order valence-electron chi connectivity index (χ0n) is 20.7. The van der Waals surface area contributed by atoms with Crippen LogP contribution in [0.1, 0.15) is 36.3 Å². The number of nitrogens with zero attached hydrogens (tertiary/aromatic N) is 3. The predicted molar refractivity (Wildman–Crippen MR) is 142 cm³/mol. The van der Waals surface area contributed by atoms with E-state index < -0.39 is 15.9 Å². The second-order valence-electron chi connectivity index (χ2n) is 8.97. The third kappa shape index (κ3) is 5.46. The number of benzene rings is 1. The Balaban J connectivity index is 1.58. The molecule has 1 aromatic heterocycles. The summed E-state index contributed by atoms with van der Waals surface area (Å²) in [7, 11) is -0.763. The summed E-state index contributed by atoms with van der Waals surface area (Å²) in [6.07, 6.45) is 5.13. The molecule has 4 rings (SSSR count). The Hall–Kier alpha value is -3.46. The van der Waals surface area contributed by atoms with Gasteiger partial charge in [-0.1, -0.05) is 23.9 Å². The standard InChI is InChI=1S/C26H27N5O4S2/c1-16-9-10-18(37(34,35)31(2)3)12-21(16)29-23(33)15-36-26-19(13-27)24(17-6-5-11-28-14-17)25-20(30-26)7-4-8-22(25)32/h5-6,9-12,14,24,30H,4,7-8,15H2,1-3H3,(H,29,33)/t24-/m0/s1. The van der Waals surface area contributed by atoms with E-state index in [0.717, 1.165) is 27.5 Å². The summed E-state index contributed by atoms with van der Waals surface area (Å²) in [6.45, 7) is 1.78. The van der Waals surface area contributed by atoms with Crippen LogP contribution in [0, 0.1) is 18.3 Å². The number of aryl methyl sites for hydroxylation is 1. The molecular weight excluding hydrogens is 510 g/mol. The Bertz CT molecular complexity index is 1460. The number of allylic oxidation sites excluding steroid dienone is 3. The molecular formula is C26H27N5O4S2. The van der Waals surface area contributed by atoms with Crippen molar-refractivity contribution in [2.45, 2.75) is 37.0 Å². The number of nitrogens with one attached hydrogen (secondary N) is 2. The lowest BCUT2D eigenvalue weighted by Crippen LogP contribution is -2.31. The quantitative estimate of drug-likeness (QED) is 0.549. The Morgan fingerprint density at radius 1 is 1.30 bits per heavy atom. The van der Waals surface area contributed by atoms with Crippen molar-refractivity contribution in [2.24, 2.45) is 0 Å². The largest absolute Gasteiger partial charge is 0.352 e. The topological polar surface area (TPSA) is 132 Å². The second-order valence-corrected chi connectivity index (χ2v) is 12.1. The smallest absolute Gasteiger partial charge is 0.242 e. The number of rotatable bonds is 7. The van der Waals surface area contributed by atoms with E-state index in [2.05, 4.69) is 21.7 Å². The maximum absolute atomic E-state index is 12.9. The van der Waals surface area contributed by atoms with Crippen LogP contribution < -0.4 is 10.6 Å². The number of pyridine rings is 1. The maximum atomic E-state index is 12.9. The highest BCUT2D eigenvalue weighted by atomic mass is 32.2. The molecule has 2 aromatic rings. The van der Waals surface area contributed by atoms with Crippen molar-refractivity contribution in [1.82, 2.24) is 14.6 Å². The molecule has 0 saturated carbocycles. The number of ketones is 1. The number of carbonyl (C=O) groups is 2. The van der Waals surface area contributed by atoms with Crippen molar-refractivity contribution in [1.29, 1.82) is 5.26 Å². The van der Waals surface area contributed by atoms with Gasteiger partial charge >= 0.3 is 0 Å². The van der Waals surface area contributed by atoms with Crippen molar-refractivity contribution >= 4 is 39.2 Å². The third-order valence-corrected chi connectivity index (χ3v) is 9.12. The number of sulfonamides is 1. The summed E-state index contributed by atoms with van der Waals surface area (Å²) < 4.78 is 26.1. The third-order valence-electron chi connectivity index (χ3n) is 6.29. The number of hydrogen-bond donors (Lipinski definition) is 2. The fourth-order valence-electron chi connectivity index (χ4n) is 4.35. The molecule has 1 aromatic carbocycles. The number of aromatic nitrogens is 1. The van der Waals surface area contributed by atoms with Gasteiger partial charge in [0.2, 0.25) is 15.9 Å². The van der Waals surface area contributed by atoms with Crippen LogP contribution in [-0.2, 0) is 19.6 Å². The number of thioether (sulfide) groups is 1. The summed E-state index contributed by atoms with van der Waals surface area (Å²) in [5.41, 5.74) is 3.62. The normalized spacial score (nSPS) is 17.8. The van der Waals surface area contributed by atoms with Gasteiger partial charge in [0.05, 0.1) is 33.2 Å². The molecule has 192 valence electrons. The molecule has 2 heterocycles. The van der Waals surface area contributed by atoms with Crippen molar-refractivity contribution in [3.05, 3.63) is 75.7 Å². The van der Waals surface area contributed by atoms with Gasteiger partial charge in [0.25, 0.3) is 0 Å². The number of dihydropyridines is 1. The number of amides is 1. The minimum absolute atomic E-state index is 0.0141. The SMILES string of the molecule is Cc1ccc(S(=O)(=O)N(C)C)cc1NC(=O)CSC1=C(C#N)[C@H](c2cccnc2)C2=C(CCCC2=O)N1. The molecule has 0 spiro atoms. The molecule has 1 aliphatic carbocycles. The molecule has 2 aliphatic rings. The molecule has 1 aliphatic heterocycles. The zero-order valence-corrected chi connectivity index (χ0v) is 22.4. The van der Waals surface area contributed by atoms with E-state index in [1.165, 1.54) is 38.0 Å². The van der Waals surface area contributed by atoms with Gasteiger partial charge in [0.15, 0.2) is 5.78 Å². The molecule has 37 heavy (non-hydrogen) atoms. The van der Waals surface area contributed by atoms with Gasteiger partial charge in [-0.2, -0.15) is 5.26 Å². The first-order valence-corrected chi connectivity index (χ1v) is 14.1. The summed E-state index contributed by atoms with van der Waals surface area (Å²) in [6, 6.07) is 10.5. The average molecular weight is 538 g/mol. The molecule has 1 atom stereocenters. The molecule has 2 N–H and O–H groups in total. The van der Waals surface area contributed by atoms with E-state index >= 15 is 0 Å². The van der Waals surface area contributed by atoms with Gasteiger partial charge in [-0.25, -0.2) is 12.7 Å². The minimum atomic E-state index is -3.65. The van der Waals surface area contributed by atoms with Crippen molar-refractivity contribution in [2.75, 3.05) is 25.2 Å². The minimum Gasteiger partial charge on any atom is -0.352 e. The highest BCUT2D eigenvalue weighted by Crippen LogP contribution is 2.43. The van der Waals surface area contributed by atoms with E-state index in [0.29, 0.717) is 34.7 Å². The van der Waals surface area contributed by atoms with Crippen LogP contribution in [0.15, 0.2) is 69.5 Å². The molecule has 0 fully saturated rings. The highest BCUT2D eigenvalue weighted by molar-refractivity contribution is 8.03. The molecule has 11 heteroatoms. The Morgan fingerprint density at radius 2 is 2.08 bits per heavy atom. The number of nitriles is 1. The van der Waals surface area contributed by atoms with Gasteiger partial charge < -0.3 is 10.6 Å². The Morgan fingerprint density at radius 3 is 2.76 bits per heavy atom. The van der Waals surface area contributed by atoms with Crippen LogP contribution in [0.4, 0.5) is 5.69 Å². The fraction of sp³-hybridized carbons (Fsp3) is 0.308. The summed E-state index contributed by atoms with van der Waals surface area (Å²) >= 11 is 1.17. The van der Waals surface area contributed by atoms with Crippen LogP contribution in [0.2, 0.25) is 0 Å². The molecule has 0 bridgehead atoms.